The average molecular weight is 480 g/mol. The molecular formula is C24H22BrN3OS. The second kappa shape index (κ2) is 8.28. The highest BCUT2D eigenvalue weighted by Gasteiger charge is 2.25. The highest BCUT2D eigenvalue weighted by molar-refractivity contribution is 9.10. The number of aromatic nitrogens is 1. The molecule has 0 unspecified atom stereocenters. The molecule has 1 aliphatic rings. The number of aliphatic imine (C=N–C) groups is 1. The summed E-state index contributed by atoms with van der Waals surface area (Å²) in [6, 6.07) is 16.3. The first-order chi connectivity index (χ1) is 14.3. The van der Waals surface area contributed by atoms with Crippen molar-refractivity contribution in [3.8, 4) is 5.69 Å². The predicted molar refractivity (Wildman–Crippen MR) is 130 cm³/mol. The number of nitrogens with zero attached hydrogens (tertiary/aromatic N) is 2. The smallest absolute Gasteiger partial charge is 0.264 e. The number of hydrogen-bond donors (Lipinski definition) is 1. The number of carbonyl (C=O) groups is 1. The second-order valence-corrected chi connectivity index (χ2v) is 9.22. The summed E-state index contributed by atoms with van der Waals surface area (Å²) in [6.45, 7) is 8.23. The molecule has 0 saturated carbocycles. The Kier molecular flexibility index (Phi) is 5.71. The molecule has 0 spiro atoms. The van der Waals surface area contributed by atoms with Gasteiger partial charge in [0.2, 0.25) is 0 Å². The molecule has 1 saturated heterocycles. The van der Waals surface area contributed by atoms with E-state index in [4.69, 9.17) is 0 Å². The summed E-state index contributed by atoms with van der Waals surface area (Å²) in [5, 5.41) is 3.49. The van der Waals surface area contributed by atoms with E-state index in [-0.39, 0.29) is 5.91 Å². The minimum atomic E-state index is -0.125. The Morgan fingerprint density at radius 2 is 1.67 bits per heavy atom. The van der Waals surface area contributed by atoms with Gasteiger partial charge in [0.05, 0.1) is 10.6 Å². The number of para-hydroxylation sites is 1. The maximum Gasteiger partial charge on any atom is 0.264 e. The van der Waals surface area contributed by atoms with Crippen LogP contribution in [-0.2, 0) is 4.79 Å². The minimum Gasteiger partial charge on any atom is -0.317 e. The molecule has 1 aliphatic heterocycles. The molecule has 1 fully saturated rings. The molecule has 4 rings (SSSR count). The summed E-state index contributed by atoms with van der Waals surface area (Å²) >= 11 is 5.09. The largest absolute Gasteiger partial charge is 0.317 e. The molecule has 6 heteroatoms. The predicted octanol–water partition coefficient (Wildman–Crippen LogP) is 6.37. The van der Waals surface area contributed by atoms with Gasteiger partial charge in [-0.2, -0.15) is 0 Å². The maximum absolute atomic E-state index is 12.6. The molecule has 1 aromatic heterocycles. The van der Waals surface area contributed by atoms with Gasteiger partial charge >= 0.3 is 0 Å². The van der Waals surface area contributed by atoms with Crippen LogP contribution in [0.15, 0.2) is 62.9 Å². The fraction of sp³-hybridized carbons (Fsp3) is 0.167. The van der Waals surface area contributed by atoms with Crippen LogP contribution in [0, 0.1) is 27.7 Å². The van der Waals surface area contributed by atoms with Crippen LogP contribution in [0.5, 0.6) is 0 Å². The van der Waals surface area contributed by atoms with Gasteiger partial charge in [0.15, 0.2) is 5.17 Å². The van der Waals surface area contributed by atoms with Crippen molar-refractivity contribution in [2.24, 2.45) is 4.99 Å². The molecule has 0 radical (unpaired) electrons. The van der Waals surface area contributed by atoms with Crippen molar-refractivity contribution in [1.29, 1.82) is 0 Å². The SMILES string of the molecule is Cc1cc(C)cc(N=C2NC(=O)/C(=C/c3c(Br)c(C)n(-c4ccccc4)c3C)S2)c1. The summed E-state index contributed by atoms with van der Waals surface area (Å²) in [6.07, 6.45) is 1.94. The number of halogens is 1. The van der Waals surface area contributed by atoms with Crippen LogP contribution < -0.4 is 5.32 Å². The van der Waals surface area contributed by atoms with Crippen molar-refractivity contribution >= 4 is 50.5 Å². The number of thioether (sulfide) groups is 1. The van der Waals surface area contributed by atoms with Gasteiger partial charge < -0.3 is 9.88 Å². The van der Waals surface area contributed by atoms with Crippen LogP contribution in [0.25, 0.3) is 11.8 Å². The quantitative estimate of drug-likeness (QED) is 0.443. The number of nitrogens with one attached hydrogen (secondary N) is 1. The van der Waals surface area contributed by atoms with Crippen LogP contribution in [0.4, 0.5) is 5.69 Å². The van der Waals surface area contributed by atoms with Gasteiger partial charge in [0.25, 0.3) is 5.91 Å². The molecule has 0 aliphatic carbocycles. The number of aryl methyl sites for hydroxylation is 2. The van der Waals surface area contributed by atoms with Crippen molar-refractivity contribution in [2.75, 3.05) is 0 Å². The lowest BCUT2D eigenvalue weighted by molar-refractivity contribution is -0.115. The first-order valence-corrected chi connectivity index (χ1v) is 11.2. The number of hydrogen-bond acceptors (Lipinski definition) is 3. The monoisotopic (exact) mass is 479 g/mol. The zero-order chi connectivity index (χ0) is 21.4. The summed E-state index contributed by atoms with van der Waals surface area (Å²) in [5.41, 5.74) is 7.41. The summed E-state index contributed by atoms with van der Waals surface area (Å²) in [7, 11) is 0. The summed E-state index contributed by atoms with van der Waals surface area (Å²) < 4.78 is 3.18. The average Bonchev–Trinajstić information content (AvgIpc) is 3.13. The van der Waals surface area contributed by atoms with Gasteiger partial charge in [0.1, 0.15) is 0 Å². The first-order valence-electron chi connectivity index (χ1n) is 9.64. The molecule has 152 valence electrons. The highest BCUT2D eigenvalue weighted by atomic mass is 79.9. The third-order valence-corrected chi connectivity index (χ3v) is 6.90. The number of rotatable bonds is 3. The van der Waals surface area contributed by atoms with E-state index in [1.54, 1.807) is 0 Å². The minimum absolute atomic E-state index is 0.125. The maximum atomic E-state index is 12.6. The van der Waals surface area contributed by atoms with Crippen LogP contribution >= 0.6 is 27.7 Å². The Labute approximate surface area is 189 Å². The normalized spacial score (nSPS) is 16.5. The van der Waals surface area contributed by atoms with Gasteiger partial charge in [-0.05, 0) is 96.9 Å². The summed E-state index contributed by atoms with van der Waals surface area (Å²) in [4.78, 5) is 17.9. The molecule has 1 amide bonds. The molecule has 0 bridgehead atoms. The van der Waals surface area contributed by atoms with Crippen molar-refractivity contribution in [1.82, 2.24) is 9.88 Å². The lowest BCUT2D eigenvalue weighted by Crippen LogP contribution is -2.19. The Balaban J connectivity index is 1.69. The van der Waals surface area contributed by atoms with Gasteiger partial charge in [-0.3, -0.25) is 4.79 Å². The Morgan fingerprint density at radius 3 is 2.33 bits per heavy atom. The second-order valence-electron chi connectivity index (χ2n) is 7.40. The van der Waals surface area contributed by atoms with Crippen molar-refractivity contribution in [3.63, 3.8) is 0 Å². The van der Waals surface area contributed by atoms with Gasteiger partial charge in [-0.1, -0.05) is 24.3 Å². The molecule has 3 aromatic rings. The van der Waals surface area contributed by atoms with Crippen molar-refractivity contribution < 1.29 is 4.79 Å². The lowest BCUT2D eigenvalue weighted by atomic mass is 10.1. The molecule has 2 heterocycles. The highest BCUT2D eigenvalue weighted by Crippen LogP contribution is 2.35. The molecule has 30 heavy (non-hydrogen) atoms. The fourth-order valence-corrected chi connectivity index (χ4v) is 5.10. The van der Waals surface area contributed by atoms with E-state index < -0.39 is 0 Å². The Morgan fingerprint density at radius 1 is 1.00 bits per heavy atom. The van der Waals surface area contributed by atoms with Crippen molar-refractivity contribution in [3.05, 3.63) is 86.0 Å². The lowest BCUT2D eigenvalue weighted by Gasteiger charge is -2.09. The number of carbonyl (C=O) groups excluding carboxylic acids is 1. The zero-order valence-electron chi connectivity index (χ0n) is 17.3. The Bertz CT molecular complexity index is 1190. The standard InChI is InChI=1S/C24H22BrN3OS/c1-14-10-15(2)12-18(11-14)26-24-27-23(29)21(30-24)13-20-16(3)28(17(4)22(20)25)19-8-6-5-7-9-19/h5-13H,1-4H3,(H,26,27,29)/b21-13-. The van der Waals surface area contributed by atoms with Crippen LogP contribution in [0.2, 0.25) is 0 Å². The number of amides is 1. The van der Waals surface area contributed by atoms with Crippen LogP contribution in [0.3, 0.4) is 0 Å². The topological polar surface area (TPSA) is 46.4 Å². The van der Waals surface area contributed by atoms with E-state index in [2.05, 4.69) is 62.9 Å². The summed E-state index contributed by atoms with van der Waals surface area (Å²) in [5.74, 6) is -0.125. The third kappa shape index (κ3) is 4.02. The fourth-order valence-electron chi connectivity index (χ4n) is 3.70. The van der Waals surface area contributed by atoms with Crippen LogP contribution in [0.1, 0.15) is 28.1 Å². The zero-order valence-corrected chi connectivity index (χ0v) is 19.7. The molecule has 4 nitrogen and oxygen atoms in total. The van der Waals surface area contributed by atoms with Crippen molar-refractivity contribution in [2.45, 2.75) is 27.7 Å². The van der Waals surface area contributed by atoms with Crippen LogP contribution in [-0.4, -0.2) is 15.6 Å². The third-order valence-electron chi connectivity index (χ3n) is 4.99. The van der Waals surface area contributed by atoms with Gasteiger partial charge in [0, 0.05) is 27.1 Å². The van der Waals surface area contributed by atoms with E-state index >= 15 is 0 Å². The molecule has 1 N–H and O–H groups in total. The van der Waals surface area contributed by atoms with Gasteiger partial charge in [-0.25, -0.2) is 4.99 Å². The van der Waals surface area contributed by atoms with E-state index in [1.165, 1.54) is 11.8 Å². The van der Waals surface area contributed by atoms with E-state index in [0.717, 1.165) is 43.9 Å². The van der Waals surface area contributed by atoms with Gasteiger partial charge in [-0.15, -0.1) is 0 Å². The molecule has 0 atom stereocenters. The Hall–Kier alpha value is -2.57. The molecular weight excluding hydrogens is 458 g/mol. The first kappa shape index (κ1) is 20.7. The van der Waals surface area contributed by atoms with E-state index in [9.17, 15) is 4.79 Å². The number of amidine groups is 1. The van der Waals surface area contributed by atoms with E-state index in [1.807, 2.05) is 50.3 Å². The number of benzene rings is 2. The van der Waals surface area contributed by atoms with E-state index in [0.29, 0.717) is 10.1 Å². The molecule has 2 aromatic carbocycles.